The van der Waals surface area contributed by atoms with Crippen molar-refractivity contribution in [3.8, 4) is 0 Å². The molecule has 1 amide bonds. The predicted octanol–water partition coefficient (Wildman–Crippen LogP) is 1.64. The largest absolute Gasteiger partial charge is 0.477 e. The van der Waals surface area contributed by atoms with Crippen LogP contribution in [-0.4, -0.2) is 21.6 Å². The molecule has 1 aromatic heterocycles. The Bertz CT molecular complexity index is 644. The van der Waals surface area contributed by atoms with Crippen molar-refractivity contribution in [2.75, 3.05) is 0 Å². The first-order chi connectivity index (χ1) is 9.00. The number of rotatable bonds is 4. The van der Waals surface area contributed by atoms with Crippen LogP contribution in [0.4, 0.5) is 0 Å². The average molecular weight is 258 g/mol. The number of hydrogen-bond donors (Lipinski definition) is 2. The van der Waals surface area contributed by atoms with Crippen molar-refractivity contribution in [2.45, 2.75) is 13.5 Å². The van der Waals surface area contributed by atoms with E-state index in [4.69, 9.17) is 5.73 Å². The molecule has 0 unspecified atom stereocenters. The number of aromatic carboxylic acids is 1. The maximum Gasteiger partial charge on any atom is 0.352 e. The monoisotopic (exact) mass is 258 g/mol. The van der Waals surface area contributed by atoms with Crippen LogP contribution in [0.25, 0.3) is 0 Å². The summed E-state index contributed by atoms with van der Waals surface area (Å²) >= 11 is 0. The van der Waals surface area contributed by atoms with Crippen LogP contribution in [0.15, 0.2) is 36.5 Å². The Kier molecular flexibility index (Phi) is 3.37. The fourth-order valence-corrected chi connectivity index (χ4v) is 2.09. The van der Waals surface area contributed by atoms with E-state index in [0.717, 1.165) is 0 Å². The summed E-state index contributed by atoms with van der Waals surface area (Å²) in [6.45, 7) is 2.04. The van der Waals surface area contributed by atoms with Gasteiger partial charge in [-0.15, -0.1) is 0 Å². The topological polar surface area (TPSA) is 85.3 Å². The third kappa shape index (κ3) is 2.49. The van der Waals surface area contributed by atoms with Gasteiger partial charge in [0, 0.05) is 18.3 Å². The maximum absolute atomic E-state index is 11.3. The number of carbonyl (C=O) groups is 2. The van der Waals surface area contributed by atoms with Gasteiger partial charge in [-0.2, -0.15) is 0 Å². The van der Waals surface area contributed by atoms with Crippen molar-refractivity contribution in [1.82, 2.24) is 4.57 Å². The molecule has 5 nitrogen and oxygen atoms in total. The first-order valence-electron chi connectivity index (χ1n) is 5.77. The van der Waals surface area contributed by atoms with E-state index in [0.29, 0.717) is 23.2 Å². The van der Waals surface area contributed by atoms with Gasteiger partial charge in [-0.3, -0.25) is 4.79 Å². The standard InChI is InChI=1S/C14H14N2O3/c1-9-6-7-16(12(9)14(18)19)8-10-4-2-3-5-11(10)13(15)17/h2-7H,8H2,1H3,(H2,15,17)(H,18,19). The highest BCUT2D eigenvalue weighted by atomic mass is 16.4. The number of primary amides is 1. The summed E-state index contributed by atoms with van der Waals surface area (Å²) in [6.07, 6.45) is 1.69. The molecular formula is C14H14N2O3. The van der Waals surface area contributed by atoms with Gasteiger partial charge in [0.2, 0.25) is 5.91 Å². The molecule has 3 N–H and O–H groups in total. The Labute approximate surface area is 110 Å². The van der Waals surface area contributed by atoms with Crippen molar-refractivity contribution >= 4 is 11.9 Å². The van der Waals surface area contributed by atoms with Crippen LogP contribution in [0.1, 0.15) is 32.0 Å². The zero-order valence-corrected chi connectivity index (χ0v) is 10.5. The van der Waals surface area contributed by atoms with Crippen LogP contribution in [0.3, 0.4) is 0 Å². The number of carbonyl (C=O) groups excluding carboxylic acids is 1. The van der Waals surface area contributed by atoms with Crippen molar-refractivity contribution in [3.63, 3.8) is 0 Å². The summed E-state index contributed by atoms with van der Waals surface area (Å²) in [6, 6.07) is 8.65. The molecule has 98 valence electrons. The van der Waals surface area contributed by atoms with Crippen LogP contribution in [0.2, 0.25) is 0 Å². The number of hydrogen-bond acceptors (Lipinski definition) is 2. The SMILES string of the molecule is Cc1ccn(Cc2ccccc2C(N)=O)c1C(=O)O. The number of aromatic nitrogens is 1. The number of carboxylic acid groups (broad SMARTS) is 1. The van der Waals surface area contributed by atoms with Gasteiger partial charge in [-0.1, -0.05) is 18.2 Å². The molecule has 0 aliphatic rings. The van der Waals surface area contributed by atoms with E-state index in [1.807, 2.05) is 0 Å². The molecule has 0 aliphatic carbocycles. The summed E-state index contributed by atoms with van der Waals surface area (Å²) in [5.74, 6) is -1.50. The van der Waals surface area contributed by atoms with Gasteiger partial charge in [0.1, 0.15) is 5.69 Å². The number of amides is 1. The van der Waals surface area contributed by atoms with Crippen molar-refractivity contribution in [2.24, 2.45) is 5.73 Å². The molecule has 19 heavy (non-hydrogen) atoms. The number of carboxylic acids is 1. The van der Waals surface area contributed by atoms with Gasteiger partial charge in [-0.25, -0.2) is 4.79 Å². The molecule has 0 saturated carbocycles. The third-order valence-electron chi connectivity index (χ3n) is 2.99. The van der Waals surface area contributed by atoms with E-state index in [2.05, 4.69) is 0 Å². The molecule has 1 aromatic carbocycles. The van der Waals surface area contributed by atoms with Gasteiger partial charge in [0.15, 0.2) is 0 Å². The summed E-state index contributed by atoms with van der Waals surface area (Å²) in [4.78, 5) is 22.5. The second-order valence-corrected chi connectivity index (χ2v) is 4.30. The summed E-state index contributed by atoms with van der Waals surface area (Å²) in [5.41, 5.74) is 7.32. The van der Waals surface area contributed by atoms with E-state index in [1.54, 1.807) is 48.0 Å². The highest BCUT2D eigenvalue weighted by Gasteiger charge is 2.15. The van der Waals surface area contributed by atoms with Gasteiger partial charge in [-0.05, 0) is 30.2 Å². The van der Waals surface area contributed by atoms with Crippen molar-refractivity contribution in [1.29, 1.82) is 0 Å². The number of nitrogens with zero attached hydrogens (tertiary/aromatic N) is 1. The number of nitrogens with two attached hydrogens (primary N) is 1. The molecule has 0 aliphatic heterocycles. The fraction of sp³-hybridized carbons (Fsp3) is 0.143. The zero-order chi connectivity index (χ0) is 14.0. The number of benzene rings is 1. The molecule has 2 aromatic rings. The minimum absolute atomic E-state index is 0.222. The molecule has 5 heteroatoms. The Balaban J connectivity index is 2.42. The lowest BCUT2D eigenvalue weighted by molar-refractivity contribution is 0.0684. The molecule has 1 heterocycles. The third-order valence-corrected chi connectivity index (χ3v) is 2.99. The Morgan fingerprint density at radius 1 is 1.26 bits per heavy atom. The highest BCUT2D eigenvalue weighted by Crippen LogP contribution is 2.15. The number of aryl methyl sites for hydroxylation is 1. The quantitative estimate of drug-likeness (QED) is 0.874. The van der Waals surface area contributed by atoms with Crippen LogP contribution in [0, 0.1) is 6.92 Å². The van der Waals surface area contributed by atoms with E-state index in [1.165, 1.54) is 0 Å². The molecule has 0 radical (unpaired) electrons. The molecule has 0 spiro atoms. The lowest BCUT2D eigenvalue weighted by Crippen LogP contribution is -2.16. The highest BCUT2D eigenvalue weighted by molar-refractivity contribution is 5.94. The Hall–Kier alpha value is -2.56. The molecule has 0 bridgehead atoms. The molecule has 2 rings (SSSR count). The van der Waals surface area contributed by atoms with Crippen molar-refractivity contribution in [3.05, 3.63) is 58.9 Å². The average Bonchev–Trinajstić information content (AvgIpc) is 2.71. The van der Waals surface area contributed by atoms with E-state index < -0.39 is 11.9 Å². The molecule has 0 fully saturated rings. The smallest absolute Gasteiger partial charge is 0.352 e. The van der Waals surface area contributed by atoms with E-state index in [9.17, 15) is 14.7 Å². The van der Waals surface area contributed by atoms with Gasteiger partial charge in [0.25, 0.3) is 0 Å². The van der Waals surface area contributed by atoms with Crippen LogP contribution in [-0.2, 0) is 6.54 Å². The van der Waals surface area contributed by atoms with Crippen LogP contribution < -0.4 is 5.73 Å². The first-order valence-corrected chi connectivity index (χ1v) is 5.77. The second kappa shape index (κ2) is 4.97. The van der Waals surface area contributed by atoms with E-state index >= 15 is 0 Å². The first kappa shape index (κ1) is 12.9. The molecule has 0 saturated heterocycles. The molecule has 0 atom stereocenters. The summed E-state index contributed by atoms with van der Waals surface area (Å²) < 4.78 is 1.60. The van der Waals surface area contributed by atoms with Gasteiger partial charge >= 0.3 is 5.97 Å². The van der Waals surface area contributed by atoms with Crippen LogP contribution >= 0.6 is 0 Å². The van der Waals surface area contributed by atoms with Crippen LogP contribution in [0.5, 0.6) is 0 Å². The fourth-order valence-electron chi connectivity index (χ4n) is 2.09. The van der Waals surface area contributed by atoms with Gasteiger partial charge in [0.05, 0.1) is 0 Å². The zero-order valence-electron chi connectivity index (χ0n) is 10.5. The minimum atomic E-state index is -0.987. The summed E-state index contributed by atoms with van der Waals surface area (Å²) in [7, 11) is 0. The lowest BCUT2D eigenvalue weighted by atomic mass is 10.1. The normalized spacial score (nSPS) is 10.4. The molecular weight excluding hydrogens is 244 g/mol. The van der Waals surface area contributed by atoms with Crippen molar-refractivity contribution < 1.29 is 14.7 Å². The predicted molar refractivity (Wildman–Crippen MR) is 70.2 cm³/mol. The lowest BCUT2D eigenvalue weighted by Gasteiger charge is -2.10. The minimum Gasteiger partial charge on any atom is -0.477 e. The second-order valence-electron chi connectivity index (χ2n) is 4.30. The summed E-state index contributed by atoms with van der Waals surface area (Å²) in [5, 5.41) is 9.18. The Morgan fingerprint density at radius 2 is 1.95 bits per heavy atom. The Morgan fingerprint density at radius 3 is 2.58 bits per heavy atom. The van der Waals surface area contributed by atoms with E-state index in [-0.39, 0.29) is 5.69 Å². The van der Waals surface area contributed by atoms with Gasteiger partial charge < -0.3 is 15.4 Å². The maximum atomic E-state index is 11.3.